The number of nitrogens with one attached hydrogen (secondary N) is 4. The van der Waals surface area contributed by atoms with Gasteiger partial charge in [-0.3, -0.25) is 4.39 Å². The number of hydrogen-bond donors (Lipinski definition) is 5. The van der Waals surface area contributed by atoms with Gasteiger partial charge in [0.05, 0.1) is 17.7 Å². The number of piperidine rings is 1. The number of urea groups is 2. The van der Waals surface area contributed by atoms with Gasteiger partial charge in [-0.05, 0) is 256 Å². The molecule has 9 fully saturated rings. The van der Waals surface area contributed by atoms with Crippen LogP contribution in [-0.2, 0) is 25.5 Å². The lowest BCUT2D eigenvalue weighted by Crippen LogP contribution is -2.61. The van der Waals surface area contributed by atoms with Crippen LogP contribution in [0.25, 0.3) is 0 Å². The molecule has 0 spiro atoms. The fraction of sp³-hybridized carbons (Fsp3) is 0.812. The summed E-state index contributed by atoms with van der Waals surface area (Å²) in [7, 11) is -8.22. The van der Waals surface area contributed by atoms with E-state index in [0.29, 0.717) is 94.6 Å². The predicted molar refractivity (Wildman–Crippen MR) is 334 cm³/mol. The second kappa shape index (κ2) is 24.0. The second-order valence-electron chi connectivity index (χ2n) is 31.5. The molecular formula is C69H107FN6O7S2. The highest BCUT2D eigenvalue weighted by atomic mass is 32.2. The van der Waals surface area contributed by atoms with E-state index in [0.717, 1.165) is 75.2 Å². The maximum Gasteiger partial charge on any atom is 0.328 e. The average Bonchev–Trinajstić information content (AvgIpc) is 1.86. The van der Waals surface area contributed by atoms with Crippen LogP contribution in [0.2, 0.25) is 0 Å². The van der Waals surface area contributed by atoms with Crippen molar-refractivity contribution < 1.29 is 35.9 Å². The smallest absolute Gasteiger partial charge is 0.328 e. The second-order valence-corrected chi connectivity index (χ2v) is 34.9. The zero-order chi connectivity index (χ0) is 60.6. The Morgan fingerprint density at radius 2 is 1.31 bits per heavy atom. The van der Waals surface area contributed by atoms with Gasteiger partial charge in [0.2, 0.25) is 0 Å². The summed E-state index contributed by atoms with van der Waals surface area (Å²) in [5, 5.41) is 17.9. The third-order valence-electron chi connectivity index (χ3n) is 27.2. The third kappa shape index (κ3) is 11.5. The number of amides is 4. The monoisotopic (exact) mass is 1210 g/mol. The van der Waals surface area contributed by atoms with Crippen molar-refractivity contribution in [1.82, 2.24) is 25.1 Å². The van der Waals surface area contributed by atoms with Crippen molar-refractivity contribution >= 4 is 37.9 Å². The van der Waals surface area contributed by atoms with Crippen LogP contribution in [0, 0.1) is 110 Å². The van der Waals surface area contributed by atoms with E-state index in [9.17, 15) is 35.9 Å². The van der Waals surface area contributed by atoms with Crippen LogP contribution in [0.4, 0.5) is 19.8 Å². The molecular weight excluding hydrogens is 1110 g/mol. The standard InChI is InChI=1S/C69H107FN6O7S2/c1-10-51-55-15-11-12-32-67(55,7)59-30-35-69(9)54(24-26-58(69)61(59)62(51)77)44(3)39-73-64(79)75-85(82,83)50-21-27-60(72-40-50)76-37-13-14-46(41-76)45-28-33-66(6)48(38-45)18-22-52-56-25-23-53(68(56,8)34-29-57(52)66)43(2)31-36-71-63(78)74-84(80,81)49-19-16-47(17-20-49)65(4,5)42-70/h16-17,19-21,27,40,43-46,48,51-59,61-62,77H,10-15,18,22-26,28-39,41-42H2,1-9H3,(H2,71,74,78)(H2,73,75,79)/t43-,44-,45?,46?,48-,51-,52+,53?,54-,55+,56+,57+,58+,59+,61+,62-,66+,67+,68-,69-/m1/s1. The van der Waals surface area contributed by atoms with E-state index < -0.39 is 44.2 Å². The molecule has 1 aliphatic heterocycles. The van der Waals surface area contributed by atoms with Gasteiger partial charge in [-0.15, -0.1) is 0 Å². The first kappa shape index (κ1) is 63.1. The molecule has 0 bridgehead atoms. The number of sulfonamides is 2. The fourth-order valence-electron chi connectivity index (χ4n) is 22.6. The summed E-state index contributed by atoms with van der Waals surface area (Å²) in [5.74, 6) is 8.86. The number of alkyl halides is 1. The van der Waals surface area contributed by atoms with Gasteiger partial charge in [0, 0.05) is 37.8 Å². The normalized spacial score (nSPS) is 39.8. The summed E-state index contributed by atoms with van der Waals surface area (Å²) in [6, 6.07) is 8.04. The minimum absolute atomic E-state index is 0.0124. The number of anilines is 1. The number of carbonyl (C=O) groups excluding carboxylic acids is 2. The number of carbonyl (C=O) groups is 2. The SMILES string of the molecule is CC[C@H]1[C@@H](O)[C@@H]2[C@H](CC[C@]3(C)[C@@H]([C@H](C)CNC(=O)NS(=O)(=O)c4ccc(N5CCCC(C6CC[C@@]7(C)[C@H](CC[C@@H]8[C@@H]7CC[C@]7(C)C([C@H](C)CCNC(=O)NS(=O)(=O)c9ccc(C(C)(C)CF)cc9)CC[C@@H]87)C6)C5)nc4)CC[C@@H]23)[C@@]2(C)CCCC[C@@H]12. The van der Waals surface area contributed by atoms with Crippen molar-refractivity contribution in [3.63, 3.8) is 0 Å². The molecule has 1 aromatic heterocycles. The summed E-state index contributed by atoms with van der Waals surface area (Å²) in [5.41, 5.74) is 0.982. The number of aliphatic hydroxyl groups excluding tert-OH is 1. The number of fused-ring (bicyclic) bond motifs is 10. The first-order valence-electron chi connectivity index (χ1n) is 33.9. The van der Waals surface area contributed by atoms with Crippen LogP contribution in [0.3, 0.4) is 0 Å². The Bertz CT molecular complexity index is 2950. The van der Waals surface area contributed by atoms with Gasteiger partial charge in [0.25, 0.3) is 20.0 Å². The Morgan fingerprint density at radius 3 is 2.00 bits per heavy atom. The number of pyridine rings is 1. The van der Waals surface area contributed by atoms with Gasteiger partial charge < -0.3 is 20.6 Å². The first-order chi connectivity index (χ1) is 40.3. The molecule has 1 saturated heterocycles. The van der Waals surface area contributed by atoms with E-state index in [-0.39, 0.29) is 32.6 Å². The van der Waals surface area contributed by atoms with Crippen molar-refractivity contribution in [3.05, 3.63) is 48.2 Å². The number of rotatable bonds is 16. The molecule has 2 heterocycles. The average molecular weight is 1220 g/mol. The molecule has 4 amide bonds. The van der Waals surface area contributed by atoms with Crippen LogP contribution < -0.4 is 25.0 Å². The highest BCUT2D eigenvalue weighted by Crippen LogP contribution is 2.71. The topological polar surface area (TPSA) is 187 Å². The summed E-state index contributed by atoms with van der Waals surface area (Å²) in [4.78, 5) is 33.3. The molecule has 11 rings (SSSR count). The van der Waals surface area contributed by atoms with Gasteiger partial charge in [0.15, 0.2) is 0 Å². The van der Waals surface area contributed by atoms with Crippen molar-refractivity contribution in [2.45, 2.75) is 218 Å². The molecule has 474 valence electrons. The quantitative estimate of drug-likeness (QED) is 0.109. The largest absolute Gasteiger partial charge is 0.393 e. The summed E-state index contributed by atoms with van der Waals surface area (Å²) in [6.45, 7) is 22.6. The molecule has 20 atom stereocenters. The van der Waals surface area contributed by atoms with Crippen LogP contribution in [-0.4, -0.2) is 77.9 Å². The first-order valence-corrected chi connectivity index (χ1v) is 36.9. The van der Waals surface area contributed by atoms with E-state index in [4.69, 9.17) is 4.98 Å². The fourth-order valence-corrected chi connectivity index (χ4v) is 24.4. The minimum Gasteiger partial charge on any atom is -0.393 e. The molecule has 16 heteroatoms. The van der Waals surface area contributed by atoms with Crippen molar-refractivity contribution in [2.75, 3.05) is 37.8 Å². The number of halogens is 1. The Balaban J connectivity index is 0.630. The molecule has 8 aliphatic carbocycles. The van der Waals surface area contributed by atoms with Crippen LogP contribution in [0.5, 0.6) is 0 Å². The van der Waals surface area contributed by atoms with Crippen molar-refractivity contribution in [2.24, 2.45) is 110 Å². The van der Waals surface area contributed by atoms with E-state index in [1.54, 1.807) is 32.0 Å². The van der Waals surface area contributed by atoms with E-state index in [1.165, 1.54) is 115 Å². The van der Waals surface area contributed by atoms with Gasteiger partial charge in [-0.2, -0.15) is 0 Å². The molecule has 85 heavy (non-hydrogen) atoms. The highest BCUT2D eigenvalue weighted by molar-refractivity contribution is 7.90. The van der Waals surface area contributed by atoms with Crippen LogP contribution in [0.15, 0.2) is 52.4 Å². The number of benzene rings is 1. The lowest BCUT2D eigenvalue weighted by atomic mass is 9.41. The predicted octanol–water partition coefficient (Wildman–Crippen LogP) is 13.8. The van der Waals surface area contributed by atoms with Crippen LogP contribution in [0.1, 0.15) is 203 Å². The zero-order valence-electron chi connectivity index (χ0n) is 53.1. The Kier molecular flexibility index (Phi) is 17.8. The highest BCUT2D eigenvalue weighted by Gasteiger charge is 2.65. The van der Waals surface area contributed by atoms with Crippen molar-refractivity contribution in [1.29, 1.82) is 0 Å². The van der Waals surface area contributed by atoms with E-state index in [1.807, 2.05) is 6.07 Å². The molecule has 1 aromatic carbocycles. The molecule has 13 nitrogen and oxygen atoms in total. The lowest BCUT2D eigenvalue weighted by molar-refractivity contribution is -0.194. The molecule has 0 radical (unpaired) electrons. The summed E-state index contributed by atoms with van der Waals surface area (Å²) in [6.07, 6.45) is 26.4. The van der Waals surface area contributed by atoms with E-state index >= 15 is 0 Å². The molecule has 5 N–H and O–H groups in total. The zero-order valence-corrected chi connectivity index (χ0v) is 54.8. The number of aromatic nitrogens is 1. The lowest BCUT2D eigenvalue weighted by Gasteiger charge is -2.64. The minimum atomic E-state index is -4.15. The van der Waals surface area contributed by atoms with E-state index in [2.05, 4.69) is 73.4 Å². The van der Waals surface area contributed by atoms with Gasteiger partial charge in [0.1, 0.15) is 10.7 Å². The van der Waals surface area contributed by atoms with Crippen molar-refractivity contribution in [3.8, 4) is 0 Å². The number of hydrogen-bond acceptors (Lipinski definition) is 9. The molecule has 2 aromatic rings. The third-order valence-corrected chi connectivity index (χ3v) is 29.9. The maximum atomic E-state index is 13.7. The maximum absolute atomic E-state index is 13.7. The van der Waals surface area contributed by atoms with Crippen LogP contribution >= 0.6 is 0 Å². The Hall–Kier alpha value is -3.50. The molecule has 3 unspecified atom stereocenters. The van der Waals surface area contributed by atoms with Gasteiger partial charge in [-0.25, -0.2) is 40.9 Å². The summed E-state index contributed by atoms with van der Waals surface area (Å²) < 4.78 is 71.4. The number of aliphatic hydroxyl groups is 1. The Labute approximate surface area is 511 Å². The Morgan fingerprint density at radius 1 is 0.682 bits per heavy atom. The summed E-state index contributed by atoms with van der Waals surface area (Å²) >= 11 is 0. The molecule has 9 aliphatic rings. The number of nitrogens with zero attached hydrogens (tertiary/aromatic N) is 2. The molecule has 8 saturated carbocycles. The van der Waals surface area contributed by atoms with Gasteiger partial charge >= 0.3 is 12.1 Å². The van der Waals surface area contributed by atoms with Gasteiger partial charge in [-0.1, -0.05) is 93.7 Å².